The van der Waals surface area contributed by atoms with Crippen LogP contribution in [-0.4, -0.2) is 36.6 Å². The van der Waals surface area contributed by atoms with Gasteiger partial charge in [0.15, 0.2) is 19.0 Å². The Morgan fingerprint density at radius 3 is 2.35 bits per heavy atom. The number of amides is 1. The molecular formula is C18H18N2O6. The van der Waals surface area contributed by atoms with Crippen molar-refractivity contribution in [3.63, 3.8) is 0 Å². The molecule has 0 aliphatic carbocycles. The molecule has 0 aromatic heterocycles. The number of carbonyl (C=O) groups excluding carboxylic acids is 2. The Kier molecular flexibility index (Phi) is 6.67. The SMILES string of the molecule is CCN(C(=O)COC(=O)COc1ccccc1[N+](=O)[O-])c1ccccc1. The standard InChI is InChI=1S/C18H18N2O6/c1-2-19(14-8-4-3-5-9-14)17(21)12-26-18(22)13-25-16-11-7-6-10-15(16)20(23)24/h3-11H,2,12-13H2,1H3. The normalized spacial score (nSPS) is 10.0. The van der Waals surface area contributed by atoms with Crippen molar-refractivity contribution in [2.24, 2.45) is 0 Å². The van der Waals surface area contributed by atoms with Crippen LogP contribution in [0.15, 0.2) is 54.6 Å². The molecule has 2 aromatic rings. The van der Waals surface area contributed by atoms with Crippen LogP contribution in [0.3, 0.4) is 0 Å². The topological polar surface area (TPSA) is 99.0 Å². The van der Waals surface area contributed by atoms with E-state index in [1.807, 2.05) is 13.0 Å². The van der Waals surface area contributed by atoms with Gasteiger partial charge in [-0.1, -0.05) is 30.3 Å². The summed E-state index contributed by atoms with van der Waals surface area (Å²) in [7, 11) is 0. The first kappa shape index (κ1) is 18.9. The maximum Gasteiger partial charge on any atom is 0.344 e. The van der Waals surface area contributed by atoms with Gasteiger partial charge in [-0.05, 0) is 25.1 Å². The number of rotatable bonds is 8. The van der Waals surface area contributed by atoms with Crippen molar-refractivity contribution < 1.29 is 24.0 Å². The van der Waals surface area contributed by atoms with E-state index in [0.29, 0.717) is 12.2 Å². The van der Waals surface area contributed by atoms with Crippen molar-refractivity contribution in [2.45, 2.75) is 6.92 Å². The Morgan fingerprint density at radius 2 is 1.69 bits per heavy atom. The molecule has 0 aliphatic rings. The summed E-state index contributed by atoms with van der Waals surface area (Å²) in [6.45, 7) is 1.26. The number of hydrogen-bond donors (Lipinski definition) is 0. The summed E-state index contributed by atoms with van der Waals surface area (Å²) in [6, 6.07) is 14.7. The highest BCUT2D eigenvalue weighted by Gasteiger charge is 2.18. The highest BCUT2D eigenvalue weighted by atomic mass is 16.6. The second-order valence-corrected chi connectivity index (χ2v) is 5.15. The molecule has 8 heteroatoms. The average Bonchev–Trinajstić information content (AvgIpc) is 2.66. The third-order valence-electron chi connectivity index (χ3n) is 3.45. The van der Waals surface area contributed by atoms with Gasteiger partial charge in [0.05, 0.1) is 4.92 Å². The molecule has 2 aromatic carbocycles. The molecule has 0 fully saturated rings. The van der Waals surface area contributed by atoms with E-state index >= 15 is 0 Å². The summed E-state index contributed by atoms with van der Waals surface area (Å²) in [5.74, 6) is -1.21. The fraction of sp³-hybridized carbons (Fsp3) is 0.222. The number of esters is 1. The van der Waals surface area contributed by atoms with Gasteiger partial charge in [-0.15, -0.1) is 0 Å². The largest absolute Gasteiger partial charge is 0.475 e. The fourth-order valence-corrected chi connectivity index (χ4v) is 2.24. The van der Waals surface area contributed by atoms with Crippen molar-refractivity contribution in [2.75, 3.05) is 24.7 Å². The van der Waals surface area contributed by atoms with Crippen molar-refractivity contribution >= 4 is 23.3 Å². The molecule has 0 bridgehead atoms. The van der Waals surface area contributed by atoms with Gasteiger partial charge in [0.25, 0.3) is 5.91 Å². The molecule has 0 atom stereocenters. The van der Waals surface area contributed by atoms with Crippen LogP contribution < -0.4 is 9.64 Å². The molecule has 0 N–H and O–H groups in total. The molecule has 0 saturated carbocycles. The number of likely N-dealkylation sites (N-methyl/N-ethyl adjacent to an activating group) is 1. The smallest absolute Gasteiger partial charge is 0.344 e. The first-order chi connectivity index (χ1) is 12.5. The molecule has 0 saturated heterocycles. The van der Waals surface area contributed by atoms with E-state index in [0.717, 1.165) is 0 Å². The van der Waals surface area contributed by atoms with Crippen LogP contribution in [0.1, 0.15) is 6.92 Å². The molecule has 0 aliphatic heterocycles. The van der Waals surface area contributed by atoms with Crippen LogP contribution in [-0.2, 0) is 14.3 Å². The zero-order chi connectivity index (χ0) is 18.9. The Bertz CT molecular complexity index is 778. The van der Waals surface area contributed by atoms with Crippen molar-refractivity contribution in [3.8, 4) is 5.75 Å². The molecule has 0 unspecified atom stereocenters. The molecule has 26 heavy (non-hydrogen) atoms. The minimum Gasteiger partial charge on any atom is -0.475 e. The molecular weight excluding hydrogens is 340 g/mol. The minimum absolute atomic E-state index is 0.0414. The molecule has 1 amide bonds. The van der Waals surface area contributed by atoms with E-state index in [1.54, 1.807) is 30.3 Å². The summed E-state index contributed by atoms with van der Waals surface area (Å²) in [5.41, 5.74) is 0.449. The lowest BCUT2D eigenvalue weighted by Gasteiger charge is -2.20. The average molecular weight is 358 g/mol. The van der Waals surface area contributed by atoms with Crippen LogP contribution in [0.5, 0.6) is 5.75 Å². The third-order valence-corrected chi connectivity index (χ3v) is 3.45. The Hall–Kier alpha value is -3.42. The number of ether oxygens (including phenoxy) is 2. The number of hydrogen-bond acceptors (Lipinski definition) is 6. The number of anilines is 1. The van der Waals surface area contributed by atoms with E-state index in [4.69, 9.17) is 9.47 Å². The van der Waals surface area contributed by atoms with E-state index in [-0.39, 0.29) is 17.3 Å². The van der Waals surface area contributed by atoms with Crippen LogP contribution in [0.25, 0.3) is 0 Å². The molecule has 0 radical (unpaired) electrons. The number of benzene rings is 2. The van der Waals surface area contributed by atoms with Crippen LogP contribution in [0.4, 0.5) is 11.4 Å². The Labute approximate surface area is 150 Å². The van der Waals surface area contributed by atoms with Crippen LogP contribution in [0, 0.1) is 10.1 Å². The third kappa shape index (κ3) is 5.04. The van der Waals surface area contributed by atoms with Crippen molar-refractivity contribution in [3.05, 3.63) is 64.7 Å². The van der Waals surface area contributed by atoms with E-state index < -0.39 is 24.1 Å². The fourth-order valence-electron chi connectivity index (χ4n) is 2.24. The lowest BCUT2D eigenvalue weighted by molar-refractivity contribution is -0.385. The van der Waals surface area contributed by atoms with Crippen LogP contribution >= 0.6 is 0 Å². The second kappa shape index (κ2) is 9.16. The first-order valence-electron chi connectivity index (χ1n) is 7.90. The van der Waals surface area contributed by atoms with Gasteiger partial charge in [0, 0.05) is 18.3 Å². The zero-order valence-corrected chi connectivity index (χ0v) is 14.2. The molecule has 2 rings (SSSR count). The lowest BCUT2D eigenvalue weighted by Crippen LogP contribution is -2.35. The maximum atomic E-state index is 12.2. The summed E-state index contributed by atoms with van der Waals surface area (Å²) in [5, 5.41) is 10.9. The molecule has 136 valence electrons. The van der Waals surface area contributed by atoms with Crippen LogP contribution in [0.2, 0.25) is 0 Å². The van der Waals surface area contributed by atoms with E-state index in [2.05, 4.69) is 0 Å². The Balaban J connectivity index is 1.87. The summed E-state index contributed by atoms with van der Waals surface area (Å²) in [4.78, 5) is 35.7. The molecule has 0 spiro atoms. The van der Waals surface area contributed by atoms with Gasteiger partial charge < -0.3 is 14.4 Å². The molecule has 0 heterocycles. The Morgan fingerprint density at radius 1 is 1.04 bits per heavy atom. The summed E-state index contributed by atoms with van der Waals surface area (Å²) < 4.78 is 10.0. The second-order valence-electron chi connectivity index (χ2n) is 5.15. The minimum atomic E-state index is -0.791. The monoisotopic (exact) mass is 358 g/mol. The van der Waals surface area contributed by atoms with Gasteiger partial charge >= 0.3 is 11.7 Å². The maximum absolute atomic E-state index is 12.2. The summed E-state index contributed by atoms with van der Waals surface area (Å²) >= 11 is 0. The zero-order valence-electron chi connectivity index (χ0n) is 14.2. The molecule has 8 nitrogen and oxygen atoms in total. The van der Waals surface area contributed by atoms with E-state index in [9.17, 15) is 19.7 Å². The highest BCUT2D eigenvalue weighted by Crippen LogP contribution is 2.25. The number of nitro benzene ring substituents is 1. The van der Waals surface area contributed by atoms with Crippen molar-refractivity contribution in [1.82, 2.24) is 0 Å². The van der Waals surface area contributed by atoms with Gasteiger partial charge in [0.1, 0.15) is 0 Å². The van der Waals surface area contributed by atoms with Gasteiger partial charge in [-0.25, -0.2) is 4.79 Å². The number of nitrogens with zero attached hydrogens (tertiary/aromatic N) is 2. The predicted molar refractivity (Wildman–Crippen MR) is 94.0 cm³/mol. The quantitative estimate of drug-likeness (QED) is 0.408. The van der Waals surface area contributed by atoms with E-state index in [1.165, 1.54) is 23.1 Å². The van der Waals surface area contributed by atoms with Gasteiger partial charge in [-0.2, -0.15) is 0 Å². The summed E-state index contributed by atoms with van der Waals surface area (Å²) in [6.07, 6.45) is 0. The number of carbonyl (C=O) groups is 2. The number of para-hydroxylation sites is 3. The predicted octanol–water partition coefficient (Wildman–Crippen LogP) is 2.57. The van der Waals surface area contributed by atoms with Crippen molar-refractivity contribution in [1.29, 1.82) is 0 Å². The number of nitro groups is 1. The van der Waals surface area contributed by atoms with Gasteiger partial charge in [-0.3, -0.25) is 14.9 Å². The lowest BCUT2D eigenvalue weighted by atomic mass is 10.3. The first-order valence-corrected chi connectivity index (χ1v) is 7.90. The van der Waals surface area contributed by atoms with Gasteiger partial charge in [0.2, 0.25) is 0 Å². The highest BCUT2D eigenvalue weighted by molar-refractivity contribution is 5.95.